The van der Waals surface area contributed by atoms with Gasteiger partial charge in [0.2, 0.25) is 11.8 Å². The molecule has 1 atom stereocenters. The first kappa shape index (κ1) is 33.2. The maximum absolute atomic E-state index is 14.4. The number of benzene rings is 4. The summed E-state index contributed by atoms with van der Waals surface area (Å²) < 4.78 is 29.8. The Hall–Kier alpha value is -3.66. The number of anilines is 1. The van der Waals surface area contributed by atoms with Crippen molar-refractivity contribution in [2.24, 2.45) is 0 Å². The topological polar surface area (TPSA) is 86.8 Å². The average molecular weight is 697 g/mol. The Labute approximate surface area is 273 Å². The normalized spacial score (nSPS) is 11.9. The second-order valence-corrected chi connectivity index (χ2v) is 13.5. The van der Waals surface area contributed by atoms with Crippen molar-refractivity contribution in [3.63, 3.8) is 0 Å². The molecule has 0 bridgehead atoms. The molecule has 4 rings (SSSR count). The first-order valence-electron chi connectivity index (χ1n) is 14.4. The van der Waals surface area contributed by atoms with E-state index in [2.05, 4.69) is 21.2 Å². The van der Waals surface area contributed by atoms with Crippen LogP contribution in [0.5, 0.6) is 0 Å². The largest absolute Gasteiger partial charge is 0.354 e. The van der Waals surface area contributed by atoms with Gasteiger partial charge in [-0.3, -0.25) is 13.9 Å². The molecule has 44 heavy (non-hydrogen) atoms. The zero-order valence-electron chi connectivity index (χ0n) is 24.4. The minimum Gasteiger partial charge on any atom is -0.354 e. The summed E-state index contributed by atoms with van der Waals surface area (Å²) >= 11 is 9.57. The number of rotatable bonds is 14. The third-order valence-electron chi connectivity index (χ3n) is 7.07. The summed E-state index contributed by atoms with van der Waals surface area (Å²) in [5.74, 6) is -0.824. The van der Waals surface area contributed by atoms with Crippen LogP contribution in [0.25, 0.3) is 0 Å². The fourth-order valence-corrected chi connectivity index (χ4v) is 6.67. The van der Waals surface area contributed by atoms with Crippen molar-refractivity contribution in [3.05, 3.63) is 130 Å². The number of hydrogen-bond donors (Lipinski definition) is 1. The van der Waals surface area contributed by atoms with Crippen molar-refractivity contribution in [3.8, 4) is 0 Å². The summed E-state index contributed by atoms with van der Waals surface area (Å²) in [6.45, 7) is 2.06. The van der Waals surface area contributed by atoms with Gasteiger partial charge in [-0.15, -0.1) is 0 Å². The summed E-state index contributed by atoms with van der Waals surface area (Å²) in [7, 11) is -4.15. The van der Waals surface area contributed by atoms with E-state index in [1.165, 1.54) is 17.0 Å². The van der Waals surface area contributed by atoms with Crippen molar-refractivity contribution >= 4 is 55.1 Å². The van der Waals surface area contributed by atoms with E-state index in [0.717, 1.165) is 28.3 Å². The molecular formula is C34H35BrClN3O4S. The lowest BCUT2D eigenvalue weighted by Gasteiger charge is -2.34. The second-order valence-electron chi connectivity index (χ2n) is 10.3. The predicted octanol–water partition coefficient (Wildman–Crippen LogP) is 6.85. The van der Waals surface area contributed by atoms with Gasteiger partial charge in [-0.25, -0.2) is 8.42 Å². The highest BCUT2D eigenvalue weighted by atomic mass is 79.9. The van der Waals surface area contributed by atoms with Crippen LogP contribution < -0.4 is 9.62 Å². The monoisotopic (exact) mass is 695 g/mol. The summed E-state index contributed by atoms with van der Waals surface area (Å²) in [5, 5.41) is 3.53. The highest BCUT2D eigenvalue weighted by molar-refractivity contribution is 9.10. The van der Waals surface area contributed by atoms with E-state index in [4.69, 9.17) is 11.6 Å². The van der Waals surface area contributed by atoms with Gasteiger partial charge in [0.05, 0.1) is 10.6 Å². The Morgan fingerprint density at radius 3 is 2.16 bits per heavy atom. The number of unbranched alkanes of at least 4 members (excludes halogenated alkanes) is 1. The number of carbonyl (C=O) groups is 2. The molecule has 0 aliphatic heterocycles. The number of nitrogens with zero attached hydrogens (tertiary/aromatic N) is 2. The van der Waals surface area contributed by atoms with E-state index >= 15 is 0 Å². The SMILES string of the molecule is CCCCNC(=O)[C@@H](Cc1ccccc1)N(Cc1ccc(Cl)cc1)C(=O)CN(c1cccc(Br)c1)S(=O)(=O)c1ccccc1. The summed E-state index contributed by atoms with van der Waals surface area (Å²) in [4.78, 5) is 29.7. The molecule has 10 heteroatoms. The lowest BCUT2D eigenvalue weighted by molar-refractivity contribution is -0.140. The van der Waals surface area contributed by atoms with Gasteiger partial charge < -0.3 is 10.2 Å². The molecule has 2 amide bonds. The Bertz CT molecular complexity index is 1640. The number of sulfonamides is 1. The molecule has 0 aromatic heterocycles. The van der Waals surface area contributed by atoms with Crippen LogP contribution >= 0.6 is 27.5 Å². The second kappa shape index (κ2) is 15.9. The van der Waals surface area contributed by atoms with Gasteiger partial charge in [0.15, 0.2) is 0 Å². The molecule has 4 aromatic carbocycles. The van der Waals surface area contributed by atoms with E-state index in [-0.39, 0.29) is 23.8 Å². The van der Waals surface area contributed by atoms with Gasteiger partial charge in [0, 0.05) is 29.0 Å². The number of hydrogen-bond acceptors (Lipinski definition) is 4. The number of carbonyl (C=O) groups excluding carboxylic acids is 2. The highest BCUT2D eigenvalue weighted by Gasteiger charge is 2.34. The standard InChI is InChI=1S/C34H35BrClN3O4S/c1-2-3-21-37-34(41)32(22-26-11-6-4-7-12-26)38(24-27-17-19-29(36)20-18-27)33(40)25-39(30-14-10-13-28(35)23-30)44(42,43)31-15-8-5-9-16-31/h4-20,23,32H,2-3,21-22,24-25H2,1H3,(H,37,41)/t32-/m1/s1. The maximum atomic E-state index is 14.4. The molecule has 0 saturated heterocycles. The van der Waals surface area contributed by atoms with Crippen LogP contribution in [0.15, 0.2) is 119 Å². The first-order chi connectivity index (χ1) is 21.2. The van der Waals surface area contributed by atoms with Gasteiger partial charge in [-0.2, -0.15) is 0 Å². The summed E-state index contributed by atoms with van der Waals surface area (Å²) in [6.07, 6.45) is 1.94. The van der Waals surface area contributed by atoms with Crippen LogP contribution in [0.1, 0.15) is 30.9 Å². The zero-order chi connectivity index (χ0) is 31.5. The molecule has 4 aromatic rings. The molecule has 0 fully saturated rings. The lowest BCUT2D eigenvalue weighted by atomic mass is 10.0. The fraction of sp³-hybridized carbons (Fsp3) is 0.235. The van der Waals surface area contributed by atoms with E-state index in [9.17, 15) is 18.0 Å². The predicted molar refractivity (Wildman–Crippen MR) is 179 cm³/mol. The molecule has 0 radical (unpaired) electrons. The molecular weight excluding hydrogens is 662 g/mol. The zero-order valence-corrected chi connectivity index (χ0v) is 27.6. The van der Waals surface area contributed by atoms with Crippen molar-refractivity contribution in [1.82, 2.24) is 10.2 Å². The Balaban J connectivity index is 1.78. The van der Waals surface area contributed by atoms with E-state index in [0.29, 0.717) is 21.7 Å². The van der Waals surface area contributed by atoms with Crippen molar-refractivity contribution in [2.75, 3.05) is 17.4 Å². The Kier molecular flexibility index (Phi) is 12.0. The van der Waals surface area contributed by atoms with E-state index < -0.39 is 28.5 Å². The van der Waals surface area contributed by atoms with Crippen molar-refractivity contribution in [2.45, 2.75) is 43.7 Å². The molecule has 0 spiro atoms. The van der Waals surface area contributed by atoms with Crippen molar-refractivity contribution < 1.29 is 18.0 Å². The minimum absolute atomic E-state index is 0.0511. The average Bonchev–Trinajstić information content (AvgIpc) is 3.03. The quantitative estimate of drug-likeness (QED) is 0.146. The fourth-order valence-electron chi connectivity index (χ4n) is 4.73. The van der Waals surface area contributed by atoms with Gasteiger partial charge in [-0.1, -0.05) is 108 Å². The summed E-state index contributed by atoms with van der Waals surface area (Å²) in [5.41, 5.74) is 1.94. The number of halogens is 2. The Morgan fingerprint density at radius 2 is 1.52 bits per heavy atom. The molecule has 0 aliphatic rings. The van der Waals surface area contributed by atoms with Crippen LogP contribution in [0.2, 0.25) is 5.02 Å². The summed E-state index contributed by atoms with van der Waals surface area (Å²) in [6, 6.07) is 30.4. The minimum atomic E-state index is -4.15. The van der Waals surface area contributed by atoms with Crippen LogP contribution in [0.4, 0.5) is 5.69 Å². The van der Waals surface area contributed by atoms with Crippen LogP contribution in [0.3, 0.4) is 0 Å². The van der Waals surface area contributed by atoms with E-state index in [1.54, 1.807) is 66.7 Å². The lowest BCUT2D eigenvalue weighted by Crippen LogP contribution is -2.53. The van der Waals surface area contributed by atoms with Gasteiger partial charge in [0.25, 0.3) is 10.0 Å². The van der Waals surface area contributed by atoms with Crippen LogP contribution in [-0.4, -0.2) is 44.3 Å². The number of nitrogens with one attached hydrogen (secondary N) is 1. The van der Waals surface area contributed by atoms with Crippen molar-refractivity contribution in [1.29, 1.82) is 0 Å². The molecule has 230 valence electrons. The molecule has 1 N–H and O–H groups in total. The molecule has 0 saturated carbocycles. The van der Waals surface area contributed by atoms with Crippen LogP contribution in [-0.2, 0) is 32.6 Å². The van der Waals surface area contributed by atoms with E-state index in [1.807, 2.05) is 37.3 Å². The van der Waals surface area contributed by atoms with Crippen LogP contribution in [0, 0.1) is 0 Å². The first-order valence-corrected chi connectivity index (χ1v) is 17.0. The molecule has 0 heterocycles. The molecule has 0 unspecified atom stereocenters. The van der Waals surface area contributed by atoms with Gasteiger partial charge in [0.1, 0.15) is 12.6 Å². The third kappa shape index (κ3) is 8.94. The molecule has 0 aliphatic carbocycles. The molecule has 7 nitrogen and oxygen atoms in total. The van der Waals surface area contributed by atoms with Gasteiger partial charge >= 0.3 is 0 Å². The van der Waals surface area contributed by atoms with Gasteiger partial charge in [-0.05, 0) is 60.0 Å². The highest BCUT2D eigenvalue weighted by Crippen LogP contribution is 2.27. The Morgan fingerprint density at radius 1 is 0.864 bits per heavy atom. The number of amides is 2. The third-order valence-corrected chi connectivity index (χ3v) is 9.61. The maximum Gasteiger partial charge on any atom is 0.264 e. The smallest absolute Gasteiger partial charge is 0.264 e.